The Bertz CT molecular complexity index is 691. The molecule has 2 rings (SSSR count). The van der Waals surface area contributed by atoms with Crippen LogP contribution in [0.25, 0.3) is 11.3 Å². The molecule has 1 aromatic carbocycles. The number of esters is 1. The van der Waals surface area contributed by atoms with Crippen LogP contribution in [-0.2, 0) is 9.53 Å². The van der Waals surface area contributed by atoms with Crippen molar-refractivity contribution in [1.29, 1.82) is 0 Å². The summed E-state index contributed by atoms with van der Waals surface area (Å²) in [7, 11) is 1.27. The number of nitrogens with zero attached hydrogens (tertiary/aromatic N) is 1. The zero-order chi connectivity index (χ0) is 17.0. The van der Waals surface area contributed by atoms with E-state index in [1.807, 2.05) is 0 Å². The summed E-state index contributed by atoms with van der Waals surface area (Å²) in [4.78, 5) is 23.9. The molecule has 1 aromatic heterocycles. The minimum absolute atomic E-state index is 0.0115. The van der Waals surface area contributed by atoms with Gasteiger partial charge in [-0.3, -0.25) is 4.79 Å². The number of carbonyl (C=O) groups excluding carboxylic acids is 2. The lowest BCUT2D eigenvalue weighted by atomic mass is 10.0. The van der Waals surface area contributed by atoms with Crippen LogP contribution in [0.3, 0.4) is 0 Å². The van der Waals surface area contributed by atoms with Crippen molar-refractivity contribution in [2.24, 2.45) is 5.92 Å². The summed E-state index contributed by atoms with van der Waals surface area (Å²) in [6, 6.07) is 7.03. The van der Waals surface area contributed by atoms with Gasteiger partial charge < -0.3 is 19.7 Å². The molecule has 0 aliphatic carbocycles. The summed E-state index contributed by atoms with van der Waals surface area (Å²) < 4.78 is 9.70. The van der Waals surface area contributed by atoms with Crippen molar-refractivity contribution < 1.29 is 24.0 Å². The van der Waals surface area contributed by atoms with Crippen LogP contribution < -0.4 is 5.32 Å². The maximum atomic E-state index is 12.2. The molecule has 0 aliphatic heterocycles. The van der Waals surface area contributed by atoms with Gasteiger partial charge in [0, 0.05) is 11.6 Å². The maximum absolute atomic E-state index is 12.2. The third-order valence-corrected chi connectivity index (χ3v) is 3.31. The Labute approximate surface area is 133 Å². The topological polar surface area (TPSA) is 102 Å². The molecule has 0 unspecified atom stereocenters. The summed E-state index contributed by atoms with van der Waals surface area (Å²) in [5.41, 5.74) is 1.15. The second-order valence-electron chi connectivity index (χ2n) is 5.34. The van der Waals surface area contributed by atoms with E-state index in [4.69, 9.17) is 4.52 Å². The predicted molar refractivity (Wildman–Crippen MR) is 81.7 cm³/mol. The van der Waals surface area contributed by atoms with Crippen LogP contribution in [0.5, 0.6) is 5.75 Å². The molecule has 7 nitrogen and oxygen atoms in total. The number of hydrogen-bond donors (Lipinski definition) is 2. The molecule has 122 valence electrons. The monoisotopic (exact) mass is 318 g/mol. The Kier molecular flexibility index (Phi) is 5.00. The lowest BCUT2D eigenvalue weighted by molar-refractivity contribution is -0.144. The highest BCUT2D eigenvalue weighted by Gasteiger charge is 2.27. The first-order valence-electron chi connectivity index (χ1n) is 7.07. The molecule has 7 heteroatoms. The fraction of sp³-hybridized carbons (Fsp3) is 0.312. The van der Waals surface area contributed by atoms with Crippen LogP contribution in [0.15, 0.2) is 34.9 Å². The Hall–Kier alpha value is -2.83. The van der Waals surface area contributed by atoms with E-state index in [2.05, 4.69) is 15.2 Å². The van der Waals surface area contributed by atoms with E-state index in [9.17, 15) is 14.7 Å². The zero-order valence-electron chi connectivity index (χ0n) is 13.1. The minimum Gasteiger partial charge on any atom is -0.508 e. The van der Waals surface area contributed by atoms with Gasteiger partial charge in [0.05, 0.1) is 7.11 Å². The van der Waals surface area contributed by atoms with E-state index in [0.29, 0.717) is 11.3 Å². The number of phenolic OH excluding ortho intramolecular Hbond substituents is 1. The largest absolute Gasteiger partial charge is 0.508 e. The average Bonchev–Trinajstić information content (AvgIpc) is 3.02. The summed E-state index contributed by atoms with van der Waals surface area (Å²) in [5, 5.41) is 15.7. The van der Waals surface area contributed by atoms with Crippen LogP contribution in [-0.4, -0.2) is 35.3 Å². The molecule has 1 amide bonds. The molecule has 1 heterocycles. The third kappa shape index (κ3) is 3.88. The number of aromatic hydroxyl groups is 1. The van der Waals surface area contributed by atoms with Gasteiger partial charge in [0.15, 0.2) is 0 Å². The number of amides is 1. The number of benzene rings is 1. The smallest absolute Gasteiger partial charge is 0.328 e. The molecule has 0 radical (unpaired) electrons. The van der Waals surface area contributed by atoms with Crippen molar-refractivity contribution in [3.8, 4) is 17.0 Å². The molecular formula is C16H18N2O5. The first kappa shape index (κ1) is 16.5. The number of ether oxygens (including phenoxy) is 1. The standard InChI is InChI=1S/C16H18N2O5/c1-9(2)14(16(21)22-3)17-15(20)13-8-12(18-23-13)10-4-6-11(19)7-5-10/h4-9,14,19H,1-3H3,(H,17,20)/t14-/m0/s1. The van der Waals surface area contributed by atoms with Crippen LogP contribution in [0, 0.1) is 5.92 Å². The quantitative estimate of drug-likeness (QED) is 0.817. The van der Waals surface area contributed by atoms with Crippen LogP contribution in [0.2, 0.25) is 0 Å². The number of nitrogens with one attached hydrogen (secondary N) is 1. The van der Waals surface area contributed by atoms with Crippen molar-refractivity contribution in [3.05, 3.63) is 36.1 Å². The lowest BCUT2D eigenvalue weighted by Crippen LogP contribution is -2.44. The Morgan fingerprint density at radius 3 is 2.48 bits per heavy atom. The van der Waals surface area contributed by atoms with Crippen LogP contribution >= 0.6 is 0 Å². The van der Waals surface area contributed by atoms with Crippen molar-refractivity contribution in [3.63, 3.8) is 0 Å². The number of aromatic nitrogens is 1. The highest BCUT2D eigenvalue weighted by Crippen LogP contribution is 2.21. The van der Waals surface area contributed by atoms with E-state index in [-0.39, 0.29) is 17.4 Å². The van der Waals surface area contributed by atoms with Gasteiger partial charge in [-0.15, -0.1) is 0 Å². The molecule has 2 aromatic rings. The Morgan fingerprint density at radius 2 is 1.91 bits per heavy atom. The molecule has 0 bridgehead atoms. The Balaban J connectivity index is 2.14. The molecule has 23 heavy (non-hydrogen) atoms. The van der Waals surface area contributed by atoms with Crippen molar-refractivity contribution in [1.82, 2.24) is 10.5 Å². The summed E-state index contributed by atoms with van der Waals surface area (Å²) >= 11 is 0. The van der Waals surface area contributed by atoms with Gasteiger partial charge in [0.25, 0.3) is 5.91 Å². The number of rotatable bonds is 5. The van der Waals surface area contributed by atoms with Gasteiger partial charge in [-0.2, -0.15) is 0 Å². The fourth-order valence-electron chi connectivity index (χ4n) is 1.99. The van der Waals surface area contributed by atoms with E-state index in [1.54, 1.807) is 26.0 Å². The summed E-state index contributed by atoms with van der Waals surface area (Å²) in [6.45, 7) is 3.59. The molecule has 0 saturated heterocycles. The van der Waals surface area contributed by atoms with Gasteiger partial charge in [0.1, 0.15) is 17.5 Å². The van der Waals surface area contributed by atoms with Crippen molar-refractivity contribution in [2.75, 3.05) is 7.11 Å². The molecule has 0 saturated carbocycles. The van der Waals surface area contributed by atoms with Crippen LogP contribution in [0.4, 0.5) is 0 Å². The van der Waals surface area contributed by atoms with E-state index in [1.165, 1.54) is 25.3 Å². The summed E-state index contributed by atoms with van der Waals surface area (Å²) in [6.07, 6.45) is 0. The highest BCUT2D eigenvalue weighted by molar-refractivity contribution is 5.95. The van der Waals surface area contributed by atoms with Gasteiger partial charge in [-0.1, -0.05) is 19.0 Å². The van der Waals surface area contributed by atoms with Crippen molar-refractivity contribution >= 4 is 11.9 Å². The lowest BCUT2D eigenvalue weighted by Gasteiger charge is -2.18. The zero-order valence-corrected chi connectivity index (χ0v) is 13.1. The van der Waals surface area contributed by atoms with Gasteiger partial charge in [-0.25, -0.2) is 4.79 Å². The Morgan fingerprint density at radius 1 is 1.26 bits per heavy atom. The fourth-order valence-corrected chi connectivity index (χ4v) is 1.99. The first-order chi connectivity index (χ1) is 10.9. The van der Waals surface area contributed by atoms with E-state index < -0.39 is 17.9 Å². The molecular weight excluding hydrogens is 300 g/mol. The second kappa shape index (κ2) is 6.95. The molecule has 0 aliphatic rings. The van der Waals surface area contributed by atoms with Crippen LogP contribution in [0.1, 0.15) is 24.4 Å². The number of carbonyl (C=O) groups is 2. The van der Waals surface area contributed by atoms with E-state index in [0.717, 1.165) is 0 Å². The second-order valence-corrected chi connectivity index (χ2v) is 5.34. The molecule has 2 N–H and O–H groups in total. The van der Waals surface area contributed by atoms with Crippen molar-refractivity contribution in [2.45, 2.75) is 19.9 Å². The number of methoxy groups -OCH3 is 1. The molecule has 0 fully saturated rings. The third-order valence-electron chi connectivity index (χ3n) is 3.31. The number of phenols is 1. The predicted octanol–water partition coefficient (Wildman–Crippen LogP) is 1.97. The van der Waals surface area contributed by atoms with E-state index >= 15 is 0 Å². The molecule has 1 atom stereocenters. The van der Waals surface area contributed by atoms with Gasteiger partial charge in [-0.05, 0) is 30.2 Å². The van der Waals surface area contributed by atoms with Gasteiger partial charge >= 0.3 is 5.97 Å². The minimum atomic E-state index is -0.769. The first-order valence-corrected chi connectivity index (χ1v) is 7.07. The normalized spacial score (nSPS) is 12.0. The number of hydrogen-bond acceptors (Lipinski definition) is 6. The average molecular weight is 318 g/mol. The van der Waals surface area contributed by atoms with Gasteiger partial charge in [0.2, 0.25) is 5.76 Å². The summed E-state index contributed by atoms with van der Waals surface area (Å²) in [5.74, 6) is -1.08. The highest BCUT2D eigenvalue weighted by atomic mass is 16.5. The molecule has 0 spiro atoms. The SMILES string of the molecule is COC(=O)[C@@H](NC(=O)c1cc(-c2ccc(O)cc2)no1)C(C)C. The maximum Gasteiger partial charge on any atom is 0.328 e.